The van der Waals surface area contributed by atoms with Crippen molar-refractivity contribution in [3.8, 4) is 0 Å². The van der Waals surface area contributed by atoms with Crippen molar-refractivity contribution in [3.05, 3.63) is 33.6 Å². The lowest BCUT2D eigenvalue weighted by Crippen LogP contribution is -2.27. The Bertz CT molecular complexity index is 362. The molecular weight excluding hydrogens is 236 g/mol. The van der Waals surface area contributed by atoms with Gasteiger partial charge in [0.05, 0.1) is 5.02 Å². The van der Waals surface area contributed by atoms with Gasteiger partial charge in [0.25, 0.3) is 0 Å². The number of rotatable bonds is 1. The number of halogens is 3. The van der Waals surface area contributed by atoms with E-state index in [9.17, 15) is 4.39 Å². The molecule has 0 amide bonds. The summed E-state index contributed by atoms with van der Waals surface area (Å²) in [4.78, 5) is 0. The van der Waals surface area contributed by atoms with E-state index in [1.54, 1.807) is 6.07 Å². The lowest BCUT2D eigenvalue weighted by atomic mass is 9.97. The normalized spacial score (nSPS) is 21.7. The average Bonchev–Trinajstić information content (AvgIpc) is 2.26. The zero-order valence-electron chi connectivity index (χ0n) is 8.19. The molecule has 4 heteroatoms. The van der Waals surface area contributed by atoms with Gasteiger partial charge in [-0.3, -0.25) is 0 Å². The van der Waals surface area contributed by atoms with Crippen molar-refractivity contribution in [3.63, 3.8) is 0 Å². The first-order valence-corrected chi connectivity index (χ1v) is 5.82. The van der Waals surface area contributed by atoms with Crippen LogP contribution in [0.4, 0.5) is 4.39 Å². The molecule has 1 aliphatic heterocycles. The van der Waals surface area contributed by atoms with Gasteiger partial charge in [0, 0.05) is 16.6 Å². The Balaban J connectivity index is 2.36. The summed E-state index contributed by atoms with van der Waals surface area (Å²) in [6.07, 6.45) is 3.15. The number of nitrogens with one attached hydrogen (secondary N) is 1. The molecule has 0 bridgehead atoms. The van der Waals surface area contributed by atoms with Crippen LogP contribution >= 0.6 is 23.2 Å². The maximum absolute atomic E-state index is 13.8. The molecule has 0 radical (unpaired) electrons. The molecule has 1 N–H and O–H groups in total. The monoisotopic (exact) mass is 247 g/mol. The number of hydrogen-bond acceptors (Lipinski definition) is 1. The second-order valence-electron chi connectivity index (χ2n) is 3.76. The van der Waals surface area contributed by atoms with Crippen molar-refractivity contribution >= 4 is 23.2 Å². The lowest BCUT2D eigenvalue weighted by molar-refractivity contribution is 0.400. The van der Waals surface area contributed by atoms with Crippen molar-refractivity contribution in [2.24, 2.45) is 0 Å². The molecule has 0 aliphatic carbocycles. The summed E-state index contributed by atoms with van der Waals surface area (Å²) < 4.78 is 13.8. The number of benzene rings is 1. The van der Waals surface area contributed by atoms with Crippen LogP contribution in [0.25, 0.3) is 0 Å². The van der Waals surface area contributed by atoms with Gasteiger partial charge in [-0.15, -0.1) is 0 Å². The van der Waals surface area contributed by atoms with Gasteiger partial charge in [0.15, 0.2) is 0 Å². The van der Waals surface area contributed by atoms with E-state index >= 15 is 0 Å². The van der Waals surface area contributed by atoms with Crippen LogP contribution in [0.1, 0.15) is 30.9 Å². The Hall–Kier alpha value is -0.310. The van der Waals surface area contributed by atoms with E-state index in [2.05, 4.69) is 5.32 Å². The smallest absolute Gasteiger partial charge is 0.148 e. The molecule has 1 nitrogen and oxygen atoms in total. The van der Waals surface area contributed by atoms with Crippen molar-refractivity contribution in [2.45, 2.75) is 25.3 Å². The maximum atomic E-state index is 13.8. The molecule has 1 atom stereocenters. The van der Waals surface area contributed by atoms with Crippen LogP contribution < -0.4 is 5.32 Å². The van der Waals surface area contributed by atoms with E-state index in [0.29, 0.717) is 10.6 Å². The third-order valence-electron chi connectivity index (χ3n) is 2.74. The summed E-state index contributed by atoms with van der Waals surface area (Å²) >= 11 is 11.7. The molecule has 0 unspecified atom stereocenters. The predicted molar refractivity (Wildman–Crippen MR) is 61.0 cm³/mol. The maximum Gasteiger partial charge on any atom is 0.148 e. The highest BCUT2D eigenvalue weighted by atomic mass is 35.5. The summed E-state index contributed by atoms with van der Waals surface area (Å²) in [6.45, 7) is 0.910. The molecule has 0 spiro atoms. The number of hydrogen-bond donors (Lipinski definition) is 1. The summed E-state index contributed by atoms with van der Waals surface area (Å²) in [7, 11) is 0. The van der Waals surface area contributed by atoms with Crippen LogP contribution in [-0.4, -0.2) is 6.54 Å². The fourth-order valence-electron chi connectivity index (χ4n) is 1.96. The molecule has 0 aromatic heterocycles. The third kappa shape index (κ3) is 2.27. The van der Waals surface area contributed by atoms with Gasteiger partial charge < -0.3 is 5.32 Å². The minimum Gasteiger partial charge on any atom is -0.310 e. The minimum absolute atomic E-state index is 0.00458. The second-order valence-corrected chi connectivity index (χ2v) is 4.57. The van der Waals surface area contributed by atoms with Gasteiger partial charge in [-0.1, -0.05) is 29.6 Å². The third-order valence-corrected chi connectivity index (χ3v) is 3.36. The molecule has 15 heavy (non-hydrogen) atoms. The fourth-order valence-corrected chi connectivity index (χ4v) is 2.40. The van der Waals surface area contributed by atoms with E-state index < -0.39 is 0 Å². The van der Waals surface area contributed by atoms with Gasteiger partial charge in [-0.05, 0) is 31.5 Å². The molecule has 1 saturated heterocycles. The zero-order valence-corrected chi connectivity index (χ0v) is 9.71. The molecule has 2 rings (SSSR count). The summed E-state index contributed by atoms with van der Waals surface area (Å²) in [5.41, 5.74) is 0.517. The van der Waals surface area contributed by atoms with Gasteiger partial charge in [0.1, 0.15) is 5.82 Å². The first-order chi connectivity index (χ1) is 7.20. The van der Waals surface area contributed by atoms with Crippen LogP contribution in [0.3, 0.4) is 0 Å². The number of piperidine rings is 1. The quantitative estimate of drug-likeness (QED) is 0.742. The molecule has 1 heterocycles. The first-order valence-electron chi connectivity index (χ1n) is 5.07. The van der Waals surface area contributed by atoms with Crippen LogP contribution in [-0.2, 0) is 0 Å². The van der Waals surface area contributed by atoms with E-state index in [0.717, 1.165) is 25.8 Å². The Morgan fingerprint density at radius 1 is 1.20 bits per heavy atom. The SMILES string of the molecule is Fc1c(Cl)ccc(Cl)c1[C@@H]1CCCCN1. The largest absolute Gasteiger partial charge is 0.310 e. The van der Waals surface area contributed by atoms with Gasteiger partial charge >= 0.3 is 0 Å². The van der Waals surface area contributed by atoms with E-state index in [4.69, 9.17) is 23.2 Å². The highest BCUT2D eigenvalue weighted by Gasteiger charge is 2.22. The van der Waals surface area contributed by atoms with Gasteiger partial charge in [-0.25, -0.2) is 4.39 Å². The summed E-state index contributed by atoms with van der Waals surface area (Å²) in [6, 6.07) is 3.15. The minimum atomic E-state index is -0.386. The highest BCUT2D eigenvalue weighted by molar-refractivity contribution is 6.33. The molecule has 0 saturated carbocycles. The summed E-state index contributed by atoms with van der Waals surface area (Å²) in [5.74, 6) is -0.386. The topological polar surface area (TPSA) is 12.0 Å². The fraction of sp³-hybridized carbons (Fsp3) is 0.455. The molecule has 82 valence electrons. The van der Waals surface area contributed by atoms with E-state index in [1.807, 2.05) is 0 Å². The Morgan fingerprint density at radius 3 is 2.60 bits per heavy atom. The molecule has 1 aliphatic rings. The van der Waals surface area contributed by atoms with Crippen molar-refractivity contribution in [1.82, 2.24) is 5.32 Å². The predicted octanol–water partition coefficient (Wildman–Crippen LogP) is 3.95. The molecule has 1 aromatic rings. The summed E-state index contributed by atoms with van der Waals surface area (Å²) in [5, 5.41) is 3.86. The molecular formula is C11H12Cl2FN. The van der Waals surface area contributed by atoms with Crippen molar-refractivity contribution in [2.75, 3.05) is 6.54 Å². The van der Waals surface area contributed by atoms with Crippen LogP contribution in [0.2, 0.25) is 10.0 Å². The van der Waals surface area contributed by atoms with Crippen LogP contribution in [0, 0.1) is 5.82 Å². The zero-order chi connectivity index (χ0) is 10.8. The molecule has 1 fully saturated rings. The van der Waals surface area contributed by atoms with Crippen molar-refractivity contribution in [1.29, 1.82) is 0 Å². The van der Waals surface area contributed by atoms with E-state index in [-0.39, 0.29) is 16.9 Å². The van der Waals surface area contributed by atoms with Gasteiger partial charge in [0.2, 0.25) is 0 Å². The van der Waals surface area contributed by atoms with Gasteiger partial charge in [-0.2, -0.15) is 0 Å². The standard InChI is InChI=1S/C11H12Cl2FN/c12-7-4-5-8(13)11(14)10(7)9-3-1-2-6-15-9/h4-5,9,15H,1-3,6H2/t9-/m0/s1. The highest BCUT2D eigenvalue weighted by Crippen LogP contribution is 2.33. The van der Waals surface area contributed by atoms with E-state index in [1.165, 1.54) is 6.07 Å². The van der Waals surface area contributed by atoms with Crippen LogP contribution in [0.15, 0.2) is 12.1 Å². The second kappa shape index (κ2) is 4.69. The molecule has 1 aromatic carbocycles. The Morgan fingerprint density at radius 2 is 1.93 bits per heavy atom. The Labute approximate surface area is 98.6 Å². The first kappa shape index (κ1) is 11.2. The Kier molecular flexibility index (Phi) is 3.49. The average molecular weight is 248 g/mol. The van der Waals surface area contributed by atoms with Crippen LogP contribution in [0.5, 0.6) is 0 Å². The van der Waals surface area contributed by atoms with Crippen molar-refractivity contribution < 1.29 is 4.39 Å². The lowest BCUT2D eigenvalue weighted by Gasteiger charge is -2.25.